The SMILES string of the molecule is [c]1nc2ccccc2cc1Cc1ccccc1. The third-order valence-corrected chi connectivity index (χ3v) is 2.82. The van der Waals surface area contributed by atoms with E-state index in [0.717, 1.165) is 17.5 Å². The Morgan fingerprint density at radius 2 is 1.65 bits per heavy atom. The van der Waals surface area contributed by atoms with Crippen molar-refractivity contribution in [2.75, 3.05) is 0 Å². The molecule has 0 unspecified atom stereocenters. The maximum Gasteiger partial charge on any atom is 0.0932 e. The normalized spacial score (nSPS) is 10.6. The van der Waals surface area contributed by atoms with Gasteiger partial charge in [-0.1, -0.05) is 48.5 Å². The lowest BCUT2D eigenvalue weighted by Gasteiger charge is -2.02. The minimum Gasteiger partial charge on any atom is -0.246 e. The van der Waals surface area contributed by atoms with E-state index in [9.17, 15) is 0 Å². The molecule has 0 bridgehead atoms. The van der Waals surface area contributed by atoms with Crippen molar-refractivity contribution in [2.24, 2.45) is 0 Å². The molecule has 0 saturated heterocycles. The van der Waals surface area contributed by atoms with E-state index in [1.807, 2.05) is 24.3 Å². The van der Waals surface area contributed by atoms with E-state index in [4.69, 9.17) is 0 Å². The van der Waals surface area contributed by atoms with Crippen LogP contribution in [0.3, 0.4) is 0 Å². The average Bonchev–Trinajstić information content (AvgIpc) is 2.40. The van der Waals surface area contributed by atoms with Gasteiger partial charge in [0.1, 0.15) is 0 Å². The molecule has 0 aliphatic carbocycles. The van der Waals surface area contributed by atoms with Crippen LogP contribution in [0.4, 0.5) is 0 Å². The van der Waals surface area contributed by atoms with Gasteiger partial charge in [0.05, 0.1) is 11.7 Å². The van der Waals surface area contributed by atoms with E-state index in [-0.39, 0.29) is 0 Å². The van der Waals surface area contributed by atoms with Crippen molar-refractivity contribution in [1.82, 2.24) is 4.98 Å². The predicted octanol–water partition coefficient (Wildman–Crippen LogP) is 3.63. The summed E-state index contributed by atoms with van der Waals surface area (Å²) in [6, 6.07) is 20.7. The van der Waals surface area contributed by atoms with Crippen LogP contribution in [0.1, 0.15) is 11.1 Å². The summed E-state index contributed by atoms with van der Waals surface area (Å²) in [5.41, 5.74) is 3.43. The number of hydrogen-bond acceptors (Lipinski definition) is 1. The first-order valence-corrected chi connectivity index (χ1v) is 5.72. The van der Waals surface area contributed by atoms with Crippen LogP contribution in [-0.2, 0) is 6.42 Å². The van der Waals surface area contributed by atoms with Gasteiger partial charge in [0.25, 0.3) is 0 Å². The Kier molecular flexibility index (Phi) is 2.59. The lowest BCUT2D eigenvalue weighted by molar-refractivity contribution is 1.16. The van der Waals surface area contributed by atoms with Gasteiger partial charge in [-0.15, -0.1) is 0 Å². The van der Waals surface area contributed by atoms with Gasteiger partial charge in [0, 0.05) is 5.39 Å². The topological polar surface area (TPSA) is 12.9 Å². The number of hydrogen-bond donors (Lipinski definition) is 0. The molecule has 0 saturated carbocycles. The molecule has 17 heavy (non-hydrogen) atoms. The standard InChI is InChI=1S/C16H12N/c1-2-6-13(7-3-1)10-14-11-15-8-4-5-9-16(15)17-12-14/h1-9,11H,10H2. The van der Waals surface area contributed by atoms with Gasteiger partial charge in [0.2, 0.25) is 0 Å². The zero-order chi connectivity index (χ0) is 11.5. The quantitative estimate of drug-likeness (QED) is 0.640. The Balaban J connectivity index is 1.96. The number of nitrogens with zero attached hydrogens (tertiary/aromatic N) is 1. The molecule has 1 nitrogen and oxygen atoms in total. The Labute approximate surface area is 101 Å². The Morgan fingerprint density at radius 3 is 2.53 bits per heavy atom. The van der Waals surface area contributed by atoms with Crippen molar-refractivity contribution >= 4 is 10.9 Å². The molecule has 2 aromatic carbocycles. The molecule has 3 aromatic rings. The van der Waals surface area contributed by atoms with Crippen molar-refractivity contribution < 1.29 is 0 Å². The summed E-state index contributed by atoms with van der Waals surface area (Å²) in [5, 5.41) is 1.18. The smallest absolute Gasteiger partial charge is 0.0932 e. The minimum absolute atomic E-state index is 0.888. The van der Waals surface area contributed by atoms with Gasteiger partial charge >= 0.3 is 0 Å². The average molecular weight is 218 g/mol. The molecule has 1 aromatic heterocycles. The molecule has 0 aliphatic heterocycles. The summed E-state index contributed by atoms with van der Waals surface area (Å²) in [6.07, 6.45) is 4.00. The van der Waals surface area contributed by atoms with Gasteiger partial charge < -0.3 is 0 Å². The monoisotopic (exact) mass is 218 g/mol. The second-order valence-electron chi connectivity index (χ2n) is 4.11. The largest absolute Gasteiger partial charge is 0.246 e. The van der Waals surface area contributed by atoms with Crippen LogP contribution in [0.15, 0.2) is 60.7 Å². The molecule has 0 N–H and O–H groups in total. The van der Waals surface area contributed by atoms with Gasteiger partial charge in [-0.3, -0.25) is 0 Å². The molecule has 1 radical (unpaired) electrons. The van der Waals surface area contributed by atoms with Crippen molar-refractivity contribution in [3.05, 3.63) is 78.0 Å². The first-order chi connectivity index (χ1) is 8.42. The molecule has 81 valence electrons. The van der Waals surface area contributed by atoms with Gasteiger partial charge in [0.15, 0.2) is 0 Å². The van der Waals surface area contributed by atoms with E-state index in [1.165, 1.54) is 10.9 Å². The van der Waals surface area contributed by atoms with Crippen molar-refractivity contribution in [3.63, 3.8) is 0 Å². The fourth-order valence-electron chi connectivity index (χ4n) is 1.97. The molecule has 3 rings (SSSR count). The van der Waals surface area contributed by atoms with Crippen LogP contribution in [0.25, 0.3) is 10.9 Å². The molecular weight excluding hydrogens is 206 g/mol. The number of fused-ring (bicyclic) bond motifs is 1. The van der Waals surface area contributed by atoms with Crippen LogP contribution in [0.2, 0.25) is 0 Å². The molecule has 0 atom stereocenters. The van der Waals surface area contributed by atoms with E-state index >= 15 is 0 Å². The van der Waals surface area contributed by atoms with Crippen LogP contribution in [0.5, 0.6) is 0 Å². The van der Waals surface area contributed by atoms with Gasteiger partial charge in [-0.2, -0.15) is 0 Å². The summed E-state index contributed by atoms with van der Waals surface area (Å²) in [6.45, 7) is 0. The van der Waals surface area contributed by atoms with Gasteiger partial charge in [-0.05, 0) is 29.7 Å². The van der Waals surface area contributed by atoms with Crippen LogP contribution < -0.4 is 0 Å². The van der Waals surface area contributed by atoms with Crippen LogP contribution >= 0.6 is 0 Å². The maximum absolute atomic E-state index is 4.35. The Bertz CT molecular complexity index is 629. The summed E-state index contributed by atoms with van der Waals surface area (Å²) in [7, 11) is 0. The van der Waals surface area contributed by atoms with E-state index in [0.29, 0.717) is 0 Å². The Morgan fingerprint density at radius 1 is 0.882 bits per heavy atom. The third kappa shape index (κ3) is 2.18. The molecule has 1 heterocycles. The summed E-state index contributed by atoms with van der Waals surface area (Å²) >= 11 is 0. The maximum atomic E-state index is 4.35. The second kappa shape index (κ2) is 4.38. The molecular formula is C16H12N. The highest BCUT2D eigenvalue weighted by Crippen LogP contribution is 2.14. The first-order valence-electron chi connectivity index (χ1n) is 5.72. The number of benzene rings is 2. The fraction of sp³-hybridized carbons (Fsp3) is 0.0625. The molecule has 1 heteroatoms. The number of pyridine rings is 1. The van der Waals surface area contributed by atoms with Crippen LogP contribution in [-0.4, -0.2) is 4.98 Å². The summed E-state index contributed by atoms with van der Waals surface area (Å²) < 4.78 is 0. The zero-order valence-electron chi connectivity index (χ0n) is 9.43. The highest BCUT2D eigenvalue weighted by molar-refractivity contribution is 5.78. The van der Waals surface area contributed by atoms with Crippen molar-refractivity contribution in [1.29, 1.82) is 0 Å². The Hall–Kier alpha value is -2.15. The molecule has 0 aliphatic rings. The minimum atomic E-state index is 0.888. The second-order valence-corrected chi connectivity index (χ2v) is 4.11. The predicted molar refractivity (Wildman–Crippen MR) is 69.8 cm³/mol. The zero-order valence-corrected chi connectivity index (χ0v) is 9.43. The van der Waals surface area contributed by atoms with Crippen molar-refractivity contribution in [3.8, 4) is 0 Å². The third-order valence-electron chi connectivity index (χ3n) is 2.82. The van der Waals surface area contributed by atoms with E-state index in [1.54, 1.807) is 0 Å². The molecule has 0 fully saturated rings. The summed E-state index contributed by atoms with van der Waals surface area (Å²) in [4.78, 5) is 4.35. The lowest BCUT2D eigenvalue weighted by atomic mass is 10.1. The van der Waals surface area contributed by atoms with Crippen LogP contribution in [0, 0.1) is 6.20 Å². The van der Waals surface area contributed by atoms with E-state index in [2.05, 4.69) is 47.6 Å². The highest BCUT2D eigenvalue weighted by atomic mass is 14.6. The lowest BCUT2D eigenvalue weighted by Crippen LogP contribution is -1.90. The number of para-hydroxylation sites is 1. The summed E-state index contributed by atoms with van der Waals surface area (Å²) in [5.74, 6) is 0. The molecule has 0 amide bonds. The van der Waals surface area contributed by atoms with E-state index < -0.39 is 0 Å². The number of aromatic nitrogens is 1. The van der Waals surface area contributed by atoms with Gasteiger partial charge in [-0.25, -0.2) is 4.98 Å². The number of rotatable bonds is 2. The highest BCUT2D eigenvalue weighted by Gasteiger charge is 1.99. The molecule has 0 spiro atoms. The first kappa shape index (κ1) is 10.0. The van der Waals surface area contributed by atoms with Crippen molar-refractivity contribution in [2.45, 2.75) is 6.42 Å². The fourth-order valence-corrected chi connectivity index (χ4v) is 1.97.